The average molecular weight is 433 g/mol. The lowest BCUT2D eigenvalue weighted by molar-refractivity contribution is 0.101. The maximum absolute atomic E-state index is 13.7. The van der Waals surface area contributed by atoms with Crippen LogP contribution in [0.15, 0.2) is 24.3 Å². The Morgan fingerprint density at radius 2 is 1.55 bits per heavy atom. The molecule has 0 aliphatic carbocycles. The zero-order chi connectivity index (χ0) is 22.8. The third-order valence-electron chi connectivity index (χ3n) is 5.40. The number of hydrogen-bond donors (Lipinski definition) is 3. The Balaban J connectivity index is 1.68. The lowest BCUT2D eigenvalue weighted by Gasteiger charge is -2.14. The number of unbranched alkanes of at least 4 members (excludes halogenated alkanes) is 5. The number of ketones is 1. The number of halogens is 1. The van der Waals surface area contributed by atoms with Gasteiger partial charge in [-0.05, 0) is 56.9 Å². The topological polar surface area (TPSA) is 87.0 Å². The Bertz CT molecular complexity index is 879. The van der Waals surface area contributed by atoms with Crippen LogP contribution in [-0.4, -0.2) is 27.7 Å². The summed E-state index contributed by atoms with van der Waals surface area (Å²) in [5.74, 6) is -0.635. The average Bonchev–Trinajstić information content (AvgIpc) is 2.73. The monoisotopic (exact) mass is 432 g/mol. The van der Waals surface area contributed by atoms with E-state index in [4.69, 9.17) is 4.74 Å². The molecule has 0 saturated carbocycles. The van der Waals surface area contributed by atoms with E-state index in [1.54, 1.807) is 12.1 Å². The van der Waals surface area contributed by atoms with Crippen molar-refractivity contribution in [1.29, 1.82) is 0 Å². The van der Waals surface area contributed by atoms with E-state index in [1.807, 2.05) is 6.92 Å². The van der Waals surface area contributed by atoms with Crippen LogP contribution in [0.25, 0.3) is 0 Å². The molecule has 0 fully saturated rings. The van der Waals surface area contributed by atoms with Gasteiger partial charge < -0.3 is 20.1 Å². The highest BCUT2D eigenvalue weighted by Crippen LogP contribution is 2.33. The molecule has 0 unspecified atom stereocenters. The number of hydrogen-bond acceptors (Lipinski definition) is 5. The standard InChI is InChI=1S/C25H33FO5/c1-3-10-20-23(15-12-18(17(2)27)24(20)29)31-16-9-7-5-4-6-8-11-19-21(26)13-14-22(28)25(19)30/h12-15,28-30H,3-11,16H2,1-2H3. The molecule has 0 aliphatic heterocycles. The summed E-state index contributed by atoms with van der Waals surface area (Å²) >= 11 is 0. The Morgan fingerprint density at radius 1 is 0.871 bits per heavy atom. The van der Waals surface area contributed by atoms with Gasteiger partial charge in [-0.15, -0.1) is 0 Å². The van der Waals surface area contributed by atoms with E-state index in [1.165, 1.54) is 13.0 Å². The van der Waals surface area contributed by atoms with Crippen LogP contribution in [0.4, 0.5) is 4.39 Å². The summed E-state index contributed by atoms with van der Waals surface area (Å²) < 4.78 is 19.6. The molecule has 0 bridgehead atoms. The molecule has 6 heteroatoms. The van der Waals surface area contributed by atoms with E-state index >= 15 is 0 Å². The first-order valence-electron chi connectivity index (χ1n) is 11.0. The van der Waals surface area contributed by atoms with Crippen molar-refractivity contribution < 1.29 is 29.2 Å². The van der Waals surface area contributed by atoms with Gasteiger partial charge in [0.25, 0.3) is 0 Å². The van der Waals surface area contributed by atoms with Crippen LogP contribution in [0, 0.1) is 5.82 Å². The molecule has 2 aromatic carbocycles. The smallest absolute Gasteiger partial charge is 0.163 e. The van der Waals surface area contributed by atoms with Crippen molar-refractivity contribution in [2.45, 2.75) is 71.6 Å². The van der Waals surface area contributed by atoms with Crippen molar-refractivity contribution in [2.24, 2.45) is 0 Å². The highest BCUT2D eigenvalue weighted by molar-refractivity contribution is 5.97. The minimum atomic E-state index is -0.489. The van der Waals surface area contributed by atoms with E-state index in [2.05, 4.69) is 0 Å². The van der Waals surface area contributed by atoms with Crippen molar-refractivity contribution >= 4 is 5.78 Å². The molecule has 3 N–H and O–H groups in total. The van der Waals surface area contributed by atoms with Crippen LogP contribution in [-0.2, 0) is 12.8 Å². The third-order valence-corrected chi connectivity index (χ3v) is 5.40. The minimum Gasteiger partial charge on any atom is -0.507 e. The van der Waals surface area contributed by atoms with E-state index in [0.717, 1.165) is 51.0 Å². The fourth-order valence-corrected chi connectivity index (χ4v) is 3.66. The van der Waals surface area contributed by atoms with Gasteiger partial charge in [-0.2, -0.15) is 0 Å². The lowest BCUT2D eigenvalue weighted by Crippen LogP contribution is -2.03. The summed E-state index contributed by atoms with van der Waals surface area (Å²) in [6.45, 7) is 3.99. The fraction of sp³-hybridized carbons (Fsp3) is 0.480. The largest absolute Gasteiger partial charge is 0.507 e. The molecule has 0 amide bonds. The number of benzene rings is 2. The predicted molar refractivity (Wildman–Crippen MR) is 119 cm³/mol. The summed E-state index contributed by atoms with van der Waals surface area (Å²) in [6.07, 6.45) is 7.44. The number of carbonyl (C=O) groups excluding carboxylic acids is 1. The molecule has 0 heterocycles. The predicted octanol–water partition coefficient (Wildman–Crippen LogP) is 6.06. The third kappa shape index (κ3) is 6.88. The molecule has 2 rings (SSSR count). The number of rotatable bonds is 13. The molecular formula is C25H33FO5. The van der Waals surface area contributed by atoms with Gasteiger partial charge >= 0.3 is 0 Å². The van der Waals surface area contributed by atoms with Crippen LogP contribution in [0.1, 0.15) is 80.3 Å². The number of phenols is 3. The Labute approximate surface area is 183 Å². The molecule has 5 nitrogen and oxygen atoms in total. The van der Waals surface area contributed by atoms with Gasteiger partial charge in [0.2, 0.25) is 0 Å². The molecule has 0 aromatic heterocycles. The second-order valence-electron chi connectivity index (χ2n) is 7.86. The van der Waals surface area contributed by atoms with Crippen molar-refractivity contribution in [3.8, 4) is 23.0 Å². The summed E-state index contributed by atoms with van der Waals surface area (Å²) in [5.41, 5.74) is 1.20. The van der Waals surface area contributed by atoms with Crippen molar-refractivity contribution in [2.75, 3.05) is 6.61 Å². The fourth-order valence-electron chi connectivity index (χ4n) is 3.66. The number of aromatic hydroxyl groups is 3. The molecule has 0 saturated heterocycles. The number of Topliss-reactive ketones (excluding diaryl/α,β-unsaturated/α-hetero) is 1. The van der Waals surface area contributed by atoms with Crippen molar-refractivity contribution in [3.63, 3.8) is 0 Å². The lowest BCUT2D eigenvalue weighted by atomic mass is 10.0. The van der Waals surface area contributed by atoms with Crippen LogP contribution in [0.5, 0.6) is 23.0 Å². The number of phenolic OH excluding ortho intramolecular Hbond substituents is 3. The van der Waals surface area contributed by atoms with E-state index in [9.17, 15) is 24.5 Å². The van der Waals surface area contributed by atoms with Gasteiger partial charge in [-0.1, -0.05) is 39.0 Å². The van der Waals surface area contributed by atoms with E-state index in [0.29, 0.717) is 36.3 Å². The quantitative estimate of drug-likeness (QED) is 0.203. The second kappa shape index (κ2) is 12.2. The van der Waals surface area contributed by atoms with Crippen LogP contribution < -0.4 is 4.74 Å². The van der Waals surface area contributed by atoms with E-state index in [-0.39, 0.29) is 28.6 Å². The summed E-state index contributed by atoms with van der Waals surface area (Å²) in [5, 5.41) is 29.6. The number of ether oxygens (including phenoxy) is 1. The van der Waals surface area contributed by atoms with Gasteiger partial charge in [0.15, 0.2) is 17.3 Å². The summed E-state index contributed by atoms with van der Waals surface area (Å²) in [7, 11) is 0. The Kier molecular flexibility index (Phi) is 9.63. The SMILES string of the molecule is CCCc1c(OCCCCCCCCc2c(F)ccc(O)c2O)ccc(C(C)=O)c1O. The first-order chi connectivity index (χ1) is 14.9. The Morgan fingerprint density at radius 3 is 2.23 bits per heavy atom. The summed E-state index contributed by atoms with van der Waals surface area (Å²) in [4.78, 5) is 11.6. The van der Waals surface area contributed by atoms with Crippen molar-refractivity contribution in [1.82, 2.24) is 0 Å². The first kappa shape index (κ1) is 24.5. The molecular weight excluding hydrogens is 399 g/mol. The number of carbonyl (C=O) groups is 1. The molecule has 0 radical (unpaired) electrons. The second-order valence-corrected chi connectivity index (χ2v) is 7.86. The van der Waals surface area contributed by atoms with Crippen molar-refractivity contribution in [3.05, 3.63) is 46.8 Å². The minimum absolute atomic E-state index is 0.0288. The van der Waals surface area contributed by atoms with Gasteiger partial charge in [0, 0.05) is 11.1 Å². The van der Waals surface area contributed by atoms with Gasteiger partial charge in [0.05, 0.1) is 12.2 Å². The molecule has 2 aromatic rings. The van der Waals surface area contributed by atoms with Crippen LogP contribution in [0.2, 0.25) is 0 Å². The zero-order valence-corrected chi connectivity index (χ0v) is 18.4. The molecule has 0 atom stereocenters. The van der Waals surface area contributed by atoms with Crippen LogP contribution >= 0.6 is 0 Å². The normalized spacial score (nSPS) is 10.9. The maximum atomic E-state index is 13.7. The van der Waals surface area contributed by atoms with Gasteiger partial charge in [-0.25, -0.2) is 4.39 Å². The highest BCUT2D eigenvalue weighted by Gasteiger charge is 2.16. The Hall–Kier alpha value is -2.76. The first-order valence-corrected chi connectivity index (χ1v) is 11.0. The molecule has 31 heavy (non-hydrogen) atoms. The van der Waals surface area contributed by atoms with Gasteiger partial charge in [0.1, 0.15) is 17.3 Å². The molecule has 0 aliphatic rings. The zero-order valence-electron chi connectivity index (χ0n) is 18.4. The highest BCUT2D eigenvalue weighted by atomic mass is 19.1. The maximum Gasteiger partial charge on any atom is 0.163 e. The summed E-state index contributed by atoms with van der Waals surface area (Å²) in [6, 6.07) is 5.70. The van der Waals surface area contributed by atoms with Crippen LogP contribution in [0.3, 0.4) is 0 Å². The molecule has 170 valence electrons. The van der Waals surface area contributed by atoms with E-state index < -0.39 is 5.82 Å². The van der Waals surface area contributed by atoms with Gasteiger partial charge in [-0.3, -0.25) is 4.79 Å². The molecule has 0 spiro atoms.